The second-order valence-electron chi connectivity index (χ2n) is 7.35. The summed E-state index contributed by atoms with van der Waals surface area (Å²) in [5.41, 5.74) is 1.06. The van der Waals surface area contributed by atoms with Gasteiger partial charge in [0, 0.05) is 17.0 Å². The minimum atomic E-state index is -3.24. The van der Waals surface area contributed by atoms with E-state index in [1.807, 2.05) is 117 Å². The fraction of sp³-hybridized carbons (Fsp3) is 0.192. The number of carbonyl (C=O) groups excluding carboxylic acids is 1. The van der Waals surface area contributed by atoms with Gasteiger partial charge in [0.05, 0.1) is 5.16 Å². The molecule has 0 saturated heterocycles. The monoisotopic (exact) mass is 402 g/mol. The van der Waals surface area contributed by atoms with Gasteiger partial charge in [-0.1, -0.05) is 110 Å². The third-order valence-corrected chi connectivity index (χ3v) is 9.35. The Kier molecular flexibility index (Phi) is 6.67. The van der Waals surface area contributed by atoms with E-state index in [0.717, 1.165) is 16.2 Å². The Labute approximate surface area is 173 Å². The fourth-order valence-corrected chi connectivity index (χ4v) is 7.28. The van der Waals surface area contributed by atoms with E-state index in [9.17, 15) is 9.36 Å². The summed E-state index contributed by atoms with van der Waals surface area (Å²) < 4.78 is 14.8. The van der Waals surface area contributed by atoms with E-state index in [-0.39, 0.29) is 5.78 Å². The van der Waals surface area contributed by atoms with E-state index in [0.29, 0.717) is 12.8 Å². The minimum absolute atomic E-state index is 0.0197. The molecule has 0 bridgehead atoms. The molecule has 3 heteroatoms. The SMILES string of the molecule is CCC(=O)C(C)(CC=Cc1ccccc1)P(=O)(c1ccccc1)c1ccccc1. The highest BCUT2D eigenvalue weighted by Crippen LogP contribution is 2.58. The molecule has 0 aromatic heterocycles. The summed E-state index contributed by atoms with van der Waals surface area (Å²) in [6, 6.07) is 28.9. The van der Waals surface area contributed by atoms with Gasteiger partial charge >= 0.3 is 0 Å². The third kappa shape index (κ3) is 4.18. The van der Waals surface area contributed by atoms with E-state index < -0.39 is 12.3 Å². The molecule has 0 N–H and O–H groups in total. The molecule has 3 aromatic carbocycles. The van der Waals surface area contributed by atoms with Crippen molar-refractivity contribution in [2.24, 2.45) is 0 Å². The van der Waals surface area contributed by atoms with Crippen molar-refractivity contribution in [3.8, 4) is 0 Å². The van der Waals surface area contributed by atoms with Crippen molar-refractivity contribution < 1.29 is 9.36 Å². The summed E-state index contributed by atoms with van der Waals surface area (Å²) in [6.45, 7) is 3.72. The van der Waals surface area contributed by atoms with Crippen molar-refractivity contribution >= 4 is 29.6 Å². The Morgan fingerprint density at radius 2 is 1.28 bits per heavy atom. The zero-order valence-electron chi connectivity index (χ0n) is 17.0. The quantitative estimate of drug-likeness (QED) is 0.444. The summed E-state index contributed by atoms with van der Waals surface area (Å²) in [4.78, 5) is 13.3. The molecule has 0 amide bonds. The Morgan fingerprint density at radius 1 is 0.828 bits per heavy atom. The second-order valence-corrected chi connectivity index (χ2v) is 10.6. The van der Waals surface area contributed by atoms with Gasteiger partial charge in [-0.2, -0.15) is 0 Å². The average Bonchev–Trinajstić information content (AvgIpc) is 2.79. The summed E-state index contributed by atoms with van der Waals surface area (Å²) in [5.74, 6) is 0.0197. The van der Waals surface area contributed by atoms with E-state index in [2.05, 4.69) is 0 Å². The van der Waals surface area contributed by atoms with Gasteiger partial charge in [-0.05, 0) is 18.9 Å². The van der Waals surface area contributed by atoms with Crippen LogP contribution in [0.4, 0.5) is 0 Å². The molecule has 1 unspecified atom stereocenters. The molecular formula is C26H27O2P. The topological polar surface area (TPSA) is 34.1 Å². The number of ketones is 1. The van der Waals surface area contributed by atoms with Crippen molar-refractivity contribution in [3.63, 3.8) is 0 Å². The molecule has 2 nitrogen and oxygen atoms in total. The highest BCUT2D eigenvalue weighted by molar-refractivity contribution is 7.80. The Hall–Kier alpha value is -2.70. The van der Waals surface area contributed by atoms with Crippen LogP contribution in [0.3, 0.4) is 0 Å². The molecule has 0 aliphatic carbocycles. The molecule has 0 aliphatic heterocycles. The molecule has 0 spiro atoms. The van der Waals surface area contributed by atoms with E-state index in [4.69, 9.17) is 0 Å². The zero-order valence-corrected chi connectivity index (χ0v) is 17.9. The van der Waals surface area contributed by atoms with Crippen molar-refractivity contribution in [2.45, 2.75) is 31.8 Å². The Balaban J connectivity index is 2.13. The predicted molar refractivity (Wildman–Crippen MR) is 124 cm³/mol. The van der Waals surface area contributed by atoms with Gasteiger partial charge in [-0.25, -0.2) is 0 Å². The van der Waals surface area contributed by atoms with Gasteiger partial charge in [0.15, 0.2) is 7.14 Å². The van der Waals surface area contributed by atoms with Crippen LogP contribution in [-0.4, -0.2) is 10.9 Å². The molecule has 29 heavy (non-hydrogen) atoms. The highest BCUT2D eigenvalue weighted by atomic mass is 31.2. The first kappa shape index (κ1) is 21.0. The highest BCUT2D eigenvalue weighted by Gasteiger charge is 2.50. The average molecular weight is 402 g/mol. The molecular weight excluding hydrogens is 375 g/mol. The van der Waals surface area contributed by atoms with Crippen molar-refractivity contribution in [2.75, 3.05) is 0 Å². The van der Waals surface area contributed by atoms with Crippen LogP contribution in [0.2, 0.25) is 0 Å². The lowest BCUT2D eigenvalue weighted by molar-refractivity contribution is -0.120. The Bertz CT molecular complexity index is 967. The summed E-state index contributed by atoms with van der Waals surface area (Å²) in [6.07, 6.45) is 4.75. The number of allylic oxidation sites excluding steroid dienone is 1. The van der Waals surface area contributed by atoms with Gasteiger partial charge in [0.2, 0.25) is 0 Å². The molecule has 3 aromatic rings. The van der Waals surface area contributed by atoms with Crippen LogP contribution in [0.15, 0.2) is 97.1 Å². The molecule has 3 rings (SSSR count). The maximum atomic E-state index is 14.8. The lowest BCUT2D eigenvalue weighted by atomic mass is 9.98. The van der Waals surface area contributed by atoms with Crippen LogP contribution >= 0.6 is 7.14 Å². The first-order valence-corrected chi connectivity index (χ1v) is 11.7. The molecule has 0 aliphatic rings. The fourth-order valence-electron chi connectivity index (χ4n) is 3.78. The van der Waals surface area contributed by atoms with Crippen LogP contribution in [-0.2, 0) is 9.36 Å². The van der Waals surface area contributed by atoms with Crippen LogP contribution in [0.25, 0.3) is 6.08 Å². The first-order chi connectivity index (χ1) is 14.0. The molecule has 1 atom stereocenters. The molecule has 0 fully saturated rings. The number of hydrogen-bond acceptors (Lipinski definition) is 2. The number of rotatable bonds is 8. The van der Waals surface area contributed by atoms with E-state index >= 15 is 0 Å². The summed E-state index contributed by atoms with van der Waals surface area (Å²) >= 11 is 0. The van der Waals surface area contributed by atoms with Crippen LogP contribution in [0.5, 0.6) is 0 Å². The summed E-state index contributed by atoms with van der Waals surface area (Å²) in [5, 5.41) is 0.433. The van der Waals surface area contributed by atoms with Gasteiger partial charge in [-0.3, -0.25) is 4.79 Å². The maximum Gasteiger partial charge on any atom is 0.156 e. The lowest BCUT2D eigenvalue weighted by Gasteiger charge is -2.36. The van der Waals surface area contributed by atoms with Crippen molar-refractivity contribution in [1.29, 1.82) is 0 Å². The number of Topliss-reactive ketones (excluding diaryl/α,β-unsaturated/α-hetero) is 1. The molecule has 0 radical (unpaired) electrons. The largest absolute Gasteiger partial charge is 0.313 e. The smallest absolute Gasteiger partial charge is 0.156 e. The normalized spacial score (nSPS) is 13.9. The third-order valence-electron chi connectivity index (χ3n) is 5.48. The second kappa shape index (κ2) is 9.20. The zero-order chi connectivity index (χ0) is 20.7. The molecule has 0 heterocycles. The lowest BCUT2D eigenvalue weighted by Crippen LogP contribution is -2.42. The van der Waals surface area contributed by atoms with E-state index in [1.54, 1.807) is 0 Å². The molecule has 0 saturated carbocycles. The Morgan fingerprint density at radius 3 is 1.72 bits per heavy atom. The number of carbonyl (C=O) groups is 1. The van der Waals surface area contributed by atoms with Gasteiger partial charge in [-0.15, -0.1) is 0 Å². The standard InChI is InChI=1S/C26H27O2P/c1-3-25(27)26(2,21-13-16-22-14-7-4-8-15-22)29(28,23-17-9-5-10-18-23)24-19-11-6-12-20-24/h4-20H,3,21H2,1-2H3. The molecule has 148 valence electrons. The minimum Gasteiger partial charge on any atom is -0.313 e. The number of benzene rings is 3. The van der Waals surface area contributed by atoms with Crippen LogP contribution in [0.1, 0.15) is 32.3 Å². The maximum absolute atomic E-state index is 14.8. The van der Waals surface area contributed by atoms with Crippen LogP contribution < -0.4 is 10.6 Å². The van der Waals surface area contributed by atoms with Gasteiger partial charge in [0.25, 0.3) is 0 Å². The predicted octanol–water partition coefficient (Wildman–Crippen LogP) is 5.84. The van der Waals surface area contributed by atoms with Gasteiger partial charge < -0.3 is 4.57 Å². The van der Waals surface area contributed by atoms with Crippen molar-refractivity contribution in [1.82, 2.24) is 0 Å². The van der Waals surface area contributed by atoms with Crippen LogP contribution in [0, 0.1) is 0 Å². The first-order valence-electron chi connectivity index (χ1n) is 9.98. The number of hydrogen-bond donors (Lipinski definition) is 0. The van der Waals surface area contributed by atoms with Gasteiger partial charge in [0.1, 0.15) is 5.78 Å². The van der Waals surface area contributed by atoms with E-state index in [1.165, 1.54) is 0 Å². The van der Waals surface area contributed by atoms with Crippen molar-refractivity contribution in [3.05, 3.63) is 103 Å². The summed E-state index contributed by atoms with van der Waals surface area (Å²) in [7, 11) is -3.24.